The molecular formula is C19H25N3O2. The van der Waals surface area contributed by atoms with E-state index in [1.54, 1.807) is 0 Å². The van der Waals surface area contributed by atoms with Crippen LogP contribution in [0.2, 0.25) is 0 Å². The SMILES string of the molecule is CC[C@H](CO)C(=O)N1CC2(CCC(c3ncn4ccccc34)C2)C1. The van der Waals surface area contributed by atoms with Crippen molar-refractivity contribution in [1.82, 2.24) is 14.3 Å². The zero-order valence-electron chi connectivity index (χ0n) is 14.2. The molecule has 0 radical (unpaired) electrons. The molecule has 4 rings (SSSR count). The number of aliphatic hydroxyl groups is 1. The minimum atomic E-state index is -0.225. The van der Waals surface area contributed by atoms with Crippen molar-refractivity contribution in [2.75, 3.05) is 19.7 Å². The van der Waals surface area contributed by atoms with Gasteiger partial charge in [0.2, 0.25) is 5.91 Å². The molecule has 1 saturated carbocycles. The van der Waals surface area contributed by atoms with Gasteiger partial charge >= 0.3 is 0 Å². The smallest absolute Gasteiger partial charge is 0.228 e. The Bertz CT molecular complexity index is 744. The van der Waals surface area contributed by atoms with E-state index in [2.05, 4.69) is 21.5 Å². The molecule has 2 aromatic rings. The second kappa shape index (κ2) is 5.88. The molecular weight excluding hydrogens is 302 g/mol. The first-order valence-corrected chi connectivity index (χ1v) is 8.97. The largest absolute Gasteiger partial charge is 0.396 e. The van der Waals surface area contributed by atoms with Crippen LogP contribution < -0.4 is 0 Å². The molecule has 5 heteroatoms. The lowest BCUT2D eigenvalue weighted by Gasteiger charge is -2.49. The molecule has 1 unspecified atom stereocenters. The molecule has 2 fully saturated rings. The predicted octanol–water partition coefficient (Wildman–Crippen LogP) is 2.45. The summed E-state index contributed by atoms with van der Waals surface area (Å²) in [5.74, 6) is 0.396. The Hall–Kier alpha value is -1.88. The van der Waals surface area contributed by atoms with Crippen molar-refractivity contribution in [2.24, 2.45) is 11.3 Å². The minimum Gasteiger partial charge on any atom is -0.396 e. The molecule has 0 aromatic carbocycles. The van der Waals surface area contributed by atoms with Crippen molar-refractivity contribution in [2.45, 2.75) is 38.5 Å². The van der Waals surface area contributed by atoms with Gasteiger partial charge in [0.15, 0.2) is 0 Å². The first-order chi connectivity index (χ1) is 11.7. The second-order valence-electron chi connectivity index (χ2n) is 7.54. The van der Waals surface area contributed by atoms with Crippen LogP contribution in [0.4, 0.5) is 0 Å². The summed E-state index contributed by atoms with van der Waals surface area (Å²) in [4.78, 5) is 19.0. The highest BCUT2D eigenvalue weighted by atomic mass is 16.3. The van der Waals surface area contributed by atoms with Crippen molar-refractivity contribution in [3.8, 4) is 0 Å². The van der Waals surface area contributed by atoms with E-state index in [4.69, 9.17) is 0 Å². The molecule has 1 aliphatic heterocycles. The highest BCUT2D eigenvalue weighted by molar-refractivity contribution is 5.80. The third-order valence-electron chi connectivity index (χ3n) is 5.99. The Labute approximate surface area is 142 Å². The van der Waals surface area contributed by atoms with Gasteiger partial charge in [-0.1, -0.05) is 13.0 Å². The second-order valence-corrected chi connectivity index (χ2v) is 7.54. The van der Waals surface area contributed by atoms with Gasteiger partial charge in [0.25, 0.3) is 0 Å². The Morgan fingerprint density at radius 2 is 2.29 bits per heavy atom. The number of aliphatic hydroxyl groups excluding tert-OH is 1. The van der Waals surface area contributed by atoms with E-state index in [0.717, 1.165) is 25.9 Å². The minimum absolute atomic E-state index is 0.0396. The zero-order chi connectivity index (χ0) is 16.7. The fraction of sp³-hybridized carbons (Fsp3) is 0.579. The summed E-state index contributed by atoms with van der Waals surface area (Å²) in [6.07, 6.45) is 8.10. The quantitative estimate of drug-likeness (QED) is 0.938. The number of amides is 1. The van der Waals surface area contributed by atoms with Crippen LogP contribution in [0.3, 0.4) is 0 Å². The summed E-state index contributed by atoms with van der Waals surface area (Å²) in [6.45, 7) is 3.63. The summed E-state index contributed by atoms with van der Waals surface area (Å²) in [7, 11) is 0. The van der Waals surface area contributed by atoms with Crippen LogP contribution in [0.15, 0.2) is 30.7 Å². The Morgan fingerprint density at radius 1 is 1.46 bits per heavy atom. The van der Waals surface area contributed by atoms with Crippen LogP contribution >= 0.6 is 0 Å². The maximum atomic E-state index is 12.4. The topological polar surface area (TPSA) is 57.8 Å². The van der Waals surface area contributed by atoms with Crippen molar-refractivity contribution < 1.29 is 9.90 Å². The maximum absolute atomic E-state index is 12.4. The number of pyridine rings is 1. The average Bonchev–Trinajstić information content (AvgIpc) is 3.18. The van der Waals surface area contributed by atoms with Crippen LogP contribution in [0, 0.1) is 11.3 Å². The van der Waals surface area contributed by atoms with Crippen molar-refractivity contribution in [3.63, 3.8) is 0 Å². The van der Waals surface area contributed by atoms with E-state index in [1.165, 1.54) is 17.6 Å². The number of aromatic nitrogens is 2. The molecule has 5 nitrogen and oxygen atoms in total. The first kappa shape index (κ1) is 15.6. The molecule has 1 saturated heterocycles. The van der Waals surface area contributed by atoms with Gasteiger partial charge in [-0.3, -0.25) is 4.79 Å². The standard InChI is InChI=1S/C19H25N3O2/c1-2-14(10-23)18(24)22-11-19(12-22)7-6-15(9-19)17-16-5-3-4-8-21(16)13-20-17/h3-5,8,13-15,23H,2,6-7,9-12H2,1H3/t14-,15?/m1/s1. The lowest BCUT2D eigenvalue weighted by atomic mass is 9.76. The van der Waals surface area contributed by atoms with E-state index >= 15 is 0 Å². The molecule has 1 amide bonds. The lowest BCUT2D eigenvalue weighted by molar-refractivity contribution is -0.149. The number of imidazole rings is 1. The van der Waals surface area contributed by atoms with E-state index in [1.807, 2.05) is 30.4 Å². The molecule has 1 N–H and O–H groups in total. The number of carbonyl (C=O) groups excluding carboxylic acids is 1. The number of rotatable bonds is 4. The lowest BCUT2D eigenvalue weighted by Crippen LogP contribution is -2.58. The monoisotopic (exact) mass is 327 g/mol. The van der Waals surface area contributed by atoms with Crippen LogP contribution in [0.5, 0.6) is 0 Å². The number of hydrogen-bond acceptors (Lipinski definition) is 3. The fourth-order valence-corrected chi connectivity index (χ4v) is 4.57. The third-order valence-corrected chi connectivity index (χ3v) is 5.99. The molecule has 128 valence electrons. The molecule has 2 atom stereocenters. The highest BCUT2D eigenvalue weighted by Crippen LogP contribution is 2.52. The first-order valence-electron chi connectivity index (χ1n) is 8.97. The Balaban J connectivity index is 1.44. The van der Waals surface area contributed by atoms with E-state index in [0.29, 0.717) is 12.3 Å². The third kappa shape index (κ3) is 2.42. The van der Waals surface area contributed by atoms with Gasteiger partial charge in [-0.15, -0.1) is 0 Å². The highest BCUT2D eigenvalue weighted by Gasteiger charge is 2.50. The normalized spacial score (nSPS) is 23.6. The molecule has 24 heavy (non-hydrogen) atoms. The number of nitrogens with zero attached hydrogens (tertiary/aromatic N) is 3. The Morgan fingerprint density at radius 3 is 3.04 bits per heavy atom. The van der Waals surface area contributed by atoms with Gasteiger partial charge in [-0.25, -0.2) is 4.98 Å². The summed E-state index contributed by atoms with van der Waals surface area (Å²) in [6, 6.07) is 6.22. The van der Waals surface area contributed by atoms with Crippen LogP contribution in [-0.2, 0) is 4.79 Å². The molecule has 3 heterocycles. The van der Waals surface area contributed by atoms with E-state index in [-0.39, 0.29) is 23.8 Å². The zero-order valence-corrected chi connectivity index (χ0v) is 14.2. The molecule has 1 spiro atoms. The van der Waals surface area contributed by atoms with Gasteiger partial charge in [-0.05, 0) is 37.8 Å². The summed E-state index contributed by atoms with van der Waals surface area (Å²) < 4.78 is 2.09. The fourth-order valence-electron chi connectivity index (χ4n) is 4.57. The number of hydrogen-bond donors (Lipinski definition) is 1. The van der Waals surface area contributed by atoms with Crippen LogP contribution in [-0.4, -0.2) is 45.0 Å². The molecule has 2 aromatic heterocycles. The van der Waals surface area contributed by atoms with Crippen LogP contribution in [0.1, 0.15) is 44.2 Å². The van der Waals surface area contributed by atoms with Crippen molar-refractivity contribution >= 4 is 11.4 Å². The average molecular weight is 327 g/mol. The summed E-state index contributed by atoms with van der Waals surface area (Å²) >= 11 is 0. The van der Waals surface area contributed by atoms with Gasteiger partial charge < -0.3 is 14.4 Å². The Kier molecular flexibility index (Phi) is 3.83. The maximum Gasteiger partial charge on any atom is 0.228 e. The summed E-state index contributed by atoms with van der Waals surface area (Å²) in [5.41, 5.74) is 2.69. The molecule has 1 aliphatic carbocycles. The van der Waals surface area contributed by atoms with Gasteiger partial charge in [0.1, 0.15) is 0 Å². The predicted molar refractivity (Wildman–Crippen MR) is 91.7 cm³/mol. The van der Waals surface area contributed by atoms with Crippen molar-refractivity contribution in [1.29, 1.82) is 0 Å². The molecule has 2 aliphatic rings. The van der Waals surface area contributed by atoms with Crippen molar-refractivity contribution in [3.05, 3.63) is 36.4 Å². The van der Waals surface area contributed by atoms with Gasteiger partial charge in [-0.2, -0.15) is 0 Å². The molecule has 0 bridgehead atoms. The van der Waals surface area contributed by atoms with E-state index in [9.17, 15) is 9.90 Å². The summed E-state index contributed by atoms with van der Waals surface area (Å²) in [5, 5.41) is 9.33. The number of likely N-dealkylation sites (tertiary alicyclic amines) is 1. The van der Waals surface area contributed by atoms with E-state index < -0.39 is 0 Å². The van der Waals surface area contributed by atoms with Crippen LogP contribution in [0.25, 0.3) is 5.52 Å². The van der Waals surface area contributed by atoms with Gasteiger partial charge in [0, 0.05) is 30.6 Å². The van der Waals surface area contributed by atoms with Gasteiger partial charge in [0.05, 0.1) is 30.1 Å². The number of carbonyl (C=O) groups is 1. The number of fused-ring (bicyclic) bond motifs is 1.